The number of carbonyl (C=O) groups is 2. The van der Waals surface area contributed by atoms with Gasteiger partial charge in [-0.1, -0.05) is 6.42 Å². The number of piperidine rings is 1. The lowest BCUT2D eigenvalue weighted by Crippen LogP contribution is -2.51. The van der Waals surface area contributed by atoms with Gasteiger partial charge in [-0.2, -0.15) is 0 Å². The minimum absolute atomic E-state index is 0.140. The van der Waals surface area contributed by atoms with Gasteiger partial charge in [0.15, 0.2) is 0 Å². The van der Waals surface area contributed by atoms with Crippen LogP contribution in [0.3, 0.4) is 0 Å². The fourth-order valence-corrected chi connectivity index (χ4v) is 4.41. The van der Waals surface area contributed by atoms with E-state index in [0.29, 0.717) is 18.4 Å². The summed E-state index contributed by atoms with van der Waals surface area (Å²) in [5.74, 6) is 1.53. The minimum Gasteiger partial charge on any atom is -0.369 e. The number of nitrogens with zero attached hydrogens (tertiary/aromatic N) is 1. The van der Waals surface area contributed by atoms with Crippen molar-refractivity contribution in [1.29, 1.82) is 0 Å². The van der Waals surface area contributed by atoms with Gasteiger partial charge in [0, 0.05) is 18.5 Å². The van der Waals surface area contributed by atoms with Gasteiger partial charge in [-0.05, 0) is 50.9 Å². The number of primary amides is 1. The molecule has 4 heteroatoms. The zero-order chi connectivity index (χ0) is 13.6. The van der Waals surface area contributed by atoms with Crippen LogP contribution >= 0.6 is 0 Å². The second-order valence-electron chi connectivity index (χ2n) is 6.80. The predicted octanol–water partition coefficient (Wildman–Crippen LogP) is 1.53. The van der Waals surface area contributed by atoms with Crippen LogP contribution in [0.5, 0.6) is 0 Å². The van der Waals surface area contributed by atoms with Crippen LogP contribution in [0.4, 0.5) is 0 Å². The van der Waals surface area contributed by atoms with E-state index in [-0.39, 0.29) is 23.8 Å². The van der Waals surface area contributed by atoms with Gasteiger partial charge in [-0.3, -0.25) is 9.59 Å². The molecular weight excluding hydrogens is 240 g/mol. The zero-order valence-corrected chi connectivity index (χ0v) is 11.7. The normalized spacial score (nSPS) is 41.5. The van der Waals surface area contributed by atoms with Gasteiger partial charge >= 0.3 is 0 Å². The highest BCUT2D eigenvalue weighted by Gasteiger charge is 2.46. The molecule has 0 aromatic heterocycles. The average Bonchev–Trinajstić information content (AvgIpc) is 3.00. The molecule has 0 unspecified atom stereocenters. The first-order chi connectivity index (χ1) is 9.06. The Morgan fingerprint density at radius 2 is 1.89 bits per heavy atom. The first-order valence-electron chi connectivity index (χ1n) is 7.66. The van der Waals surface area contributed by atoms with Crippen molar-refractivity contribution in [3.8, 4) is 0 Å². The minimum atomic E-state index is -0.252. The first-order valence-corrected chi connectivity index (χ1v) is 7.66. The molecule has 4 nitrogen and oxygen atoms in total. The lowest BCUT2D eigenvalue weighted by molar-refractivity contribution is -0.143. The second-order valence-corrected chi connectivity index (χ2v) is 6.80. The maximum absolute atomic E-state index is 12.7. The maximum atomic E-state index is 12.7. The molecule has 0 spiro atoms. The SMILES string of the molecule is C[C@@H]1CC[C@H](C(N)=O)CN1C(=O)[C@H]1C[C@H]2CC[C@H]1C2. The molecule has 19 heavy (non-hydrogen) atoms. The summed E-state index contributed by atoms with van der Waals surface area (Å²) in [7, 11) is 0. The average molecular weight is 264 g/mol. The fraction of sp³-hybridized carbons (Fsp3) is 0.867. The number of rotatable bonds is 2. The third-order valence-corrected chi connectivity index (χ3v) is 5.62. The van der Waals surface area contributed by atoms with Gasteiger partial charge in [-0.25, -0.2) is 0 Å². The van der Waals surface area contributed by atoms with Crippen molar-refractivity contribution in [2.45, 2.75) is 51.5 Å². The summed E-state index contributed by atoms with van der Waals surface area (Å²) in [6.45, 7) is 2.64. The smallest absolute Gasteiger partial charge is 0.226 e. The van der Waals surface area contributed by atoms with Crippen LogP contribution in [-0.2, 0) is 9.59 Å². The molecule has 3 aliphatic rings. The molecule has 3 fully saturated rings. The Morgan fingerprint density at radius 3 is 2.47 bits per heavy atom. The van der Waals surface area contributed by atoms with Crippen molar-refractivity contribution in [1.82, 2.24) is 4.90 Å². The van der Waals surface area contributed by atoms with Crippen molar-refractivity contribution < 1.29 is 9.59 Å². The van der Waals surface area contributed by atoms with Crippen LogP contribution in [-0.4, -0.2) is 29.3 Å². The summed E-state index contributed by atoms with van der Waals surface area (Å²) in [5.41, 5.74) is 5.41. The zero-order valence-electron chi connectivity index (χ0n) is 11.7. The Balaban J connectivity index is 1.69. The van der Waals surface area contributed by atoms with E-state index in [1.165, 1.54) is 19.3 Å². The van der Waals surface area contributed by atoms with E-state index in [9.17, 15) is 9.59 Å². The van der Waals surface area contributed by atoms with E-state index in [1.54, 1.807) is 0 Å². The summed E-state index contributed by atoms with van der Waals surface area (Å²) in [5, 5.41) is 0. The van der Waals surface area contributed by atoms with E-state index in [4.69, 9.17) is 5.73 Å². The van der Waals surface area contributed by atoms with Crippen LogP contribution in [0, 0.1) is 23.7 Å². The quantitative estimate of drug-likeness (QED) is 0.822. The maximum Gasteiger partial charge on any atom is 0.226 e. The number of hydrogen-bond acceptors (Lipinski definition) is 2. The number of likely N-dealkylation sites (tertiary alicyclic amines) is 1. The van der Waals surface area contributed by atoms with E-state index in [1.807, 2.05) is 4.90 Å². The molecule has 106 valence electrons. The number of amides is 2. The lowest BCUT2D eigenvalue weighted by Gasteiger charge is -2.39. The Morgan fingerprint density at radius 1 is 1.11 bits per heavy atom. The van der Waals surface area contributed by atoms with Crippen LogP contribution < -0.4 is 5.73 Å². The second kappa shape index (κ2) is 4.80. The van der Waals surface area contributed by atoms with Gasteiger partial charge in [0.2, 0.25) is 11.8 Å². The molecule has 2 N–H and O–H groups in total. The molecule has 2 amide bonds. The van der Waals surface area contributed by atoms with Gasteiger partial charge in [0.05, 0.1) is 5.92 Å². The number of carbonyl (C=O) groups excluding carboxylic acids is 2. The molecule has 2 bridgehead atoms. The van der Waals surface area contributed by atoms with E-state index in [0.717, 1.165) is 25.2 Å². The summed E-state index contributed by atoms with van der Waals surface area (Å²) >= 11 is 0. The van der Waals surface area contributed by atoms with Crippen molar-refractivity contribution in [2.75, 3.05) is 6.54 Å². The number of nitrogens with two attached hydrogens (primary N) is 1. The van der Waals surface area contributed by atoms with Gasteiger partial charge in [-0.15, -0.1) is 0 Å². The fourth-order valence-electron chi connectivity index (χ4n) is 4.41. The van der Waals surface area contributed by atoms with Crippen molar-refractivity contribution in [3.63, 3.8) is 0 Å². The topological polar surface area (TPSA) is 63.4 Å². The van der Waals surface area contributed by atoms with Crippen molar-refractivity contribution in [2.24, 2.45) is 29.4 Å². The predicted molar refractivity (Wildman–Crippen MR) is 72.0 cm³/mol. The summed E-state index contributed by atoms with van der Waals surface area (Å²) in [4.78, 5) is 26.1. The molecule has 1 heterocycles. The summed E-state index contributed by atoms with van der Waals surface area (Å²) in [6.07, 6.45) is 6.60. The summed E-state index contributed by atoms with van der Waals surface area (Å²) < 4.78 is 0. The third kappa shape index (κ3) is 2.26. The van der Waals surface area contributed by atoms with E-state index in [2.05, 4.69) is 6.92 Å². The molecule has 1 saturated heterocycles. The molecule has 3 rings (SSSR count). The Hall–Kier alpha value is -1.06. The largest absolute Gasteiger partial charge is 0.369 e. The highest BCUT2D eigenvalue weighted by atomic mass is 16.2. The molecule has 0 aromatic carbocycles. The molecule has 2 saturated carbocycles. The molecule has 1 aliphatic heterocycles. The molecular formula is C15H24N2O2. The summed E-state index contributed by atoms with van der Waals surface area (Å²) in [6, 6.07) is 0.266. The van der Waals surface area contributed by atoms with Crippen LogP contribution in [0.25, 0.3) is 0 Å². The van der Waals surface area contributed by atoms with E-state index < -0.39 is 0 Å². The standard InChI is InChI=1S/C15H24N2O2/c1-9-2-4-12(14(16)18)8-17(9)15(19)13-7-10-3-5-11(13)6-10/h9-13H,2-8H2,1H3,(H2,16,18)/t9-,10+,11+,12+,13+/m1/s1. The molecule has 0 radical (unpaired) electrons. The van der Waals surface area contributed by atoms with E-state index >= 15 is 0 Å². The molecule has 2 aliphatic carbocycles. The Labute approximate surface area is 114 Å². The highest BCUT2D eigenvalue weighted by molar-refractivity contribution is 5.82. The lowest BCUT2D eigenvalue weighted by atomic mass is 9.85. The highest BCUT2D eigenvalue weighted by Crippen LogP contribution is 2.49. The Bertz CT molecular complexity index is 396. The third-order valence-electron chi connectivity index (χ3n) is 5.62. The number of hydrogen-bond donors (Lipinski definition) is 1. The molecule has 0 aromatic rings. The Kier molecular flexibility index (Phi) is 3.27. The van der Waals surface area contributed by atoms with Gasteiger partial charge < -0.3 is 10.6 Å². The van der Waals surface area contributed by atoms with Crippen LogP contribution in [0.15, 0.2) is 0 Å². The monoisotopic (exact) mass is 264 g/mol. The van der Waals surface area contributed by atoms with Crippen LogP contribution in [0.1, 0.15) is 45.4 Å². The number of fused-ring (bicyclic) bond motifs is 2. The van der Waals surface area contributed by atoms with Crippen molar-refractivity contribution >= 4 is 11.8 Å². The van der Waals surface area contributed by atoms with Gasteiger partial charge in [0.1, 0.15) is 0 Å². The van der Waals surface area contributed by atoms with Crippen molar-refractivity contribution in [3.05, 3.63) is 0 Å². The van der Waals surface area contributed by atoms with Gasteiger partial charge in [0.25, 0.3) is 0 Å². The van der Waals surface area contributed by atoms with Crippen LogP contribution in [0.2, 0.25) is 0 Å². The first kappa shape index (κ1) is 12.9. The molecule has 5 atom stereocenters.